The average molecular weight is 292 g/mol. The Labute approximate surface area is 115 Å². The van der Waals surface area contributed by atoms with Gasteiger partial charge in [0.1, 0.15) is 9.84 Å². The number of ether oxygens (including phenoxy) is 1. The molecule has 19 heavy (non-hydrogen) atoms. The minimum Gasteiger partial charge on any atom is -0.369 e. The first-order chi connectivity index (χ1) is 8.50. The molecular formula is C12H24N2O4S. The topological polar surface area (TPSA) is 89.7 Å². The van der Waals surface area contributed by atoms with Gasteiger partial charge in [-0.1, -0.05) is 0 Å². The number of rotatable bonds is 4. The predicted octanol–water partition coefficient (Wildman–Crippen LogP) is -0.226. The third-order valence-electron chi connectivity index (χ3n) is 3.00. The molecule has 0 aromatic rings. The highest BCUT2D eigenvalue weighted by molar-refractivity contribution is 7.90. The van der Waals surface area contributed by atoms with Crippen molar-refractivity contribution in [3.8, 4) is 0 Å². The molecule has 0 radical (unpaired) electrons. The largest absolute Gasteiger partial charge is 0.369 e. The van der Waals surface area contributed by atoms with Crippen molar-refractivity contribution < 1.29 is 17.9 Å². The number of morpholine rings is 1. The second-order valence-corrected chi connectivity index (χ2v) is 8.19. The molecule has 0 aromatic carbocycles. The zero-order valence-electron chi connectivity index (χ0n) is 12.0. The van der Waals surface area contributed by atoms with Crippen LogP contribution >= 0.6 is 0 Å². The third kappa shape index (κ3) is 5.46. The second kappa shape index (κ2) is 5.76. The molecule has 0 bridgehead atoms. The zero-order chi connectivity index (χ0) is 14.8. The molecule has 1 rings (SSSR count). The van der Waals surface area contributed by atoms with Crippen LogP contribution in [-0.2, 0) is 19.4 Å². The summed E-state index contributed by atoms with van der Waals surface area (Å²) in [6.07, 6.45) is 1.25. The normalized spacial score (nSPS) is 25.1. The fraction of sp³-hybridized carbons (Fsp3) is 0.917. The van der Waals surface area contributed by atoms with E-state index in [1.165, 1.54) is 0 Å². The van der Waals surface area contributed by atoms with Crippen LogP contribution in [0.15, 0.2) is 0 Å². The molecule has 1 aliphatic rings. The summed E-state index contributed by atoms with van der Waals surface area (Å²) in [6.45, 7) is 6.72. The fourth-order valence-electron chi connectivity index (χ4n) is 2.32. The van der Waals surface area contributed by atoms with Crippen LogP contribution in [0.3, 0.4) is 0 Å². The first kappa shape index (κ1) is 16.4. The van der Waals surface area contributed by atoms with Crippen molar-refractivity contribution in [2.75, 3.05) is 25.1 Å². The molecule has 2 N–H and O–H groups in total. The van der Waals surface area contributed by atoms with Gasteiger partial charge in [0, 0.05) is 19.3 Å². The first-order valence-electron chi connectivity index (χ1n) is 6.40. The fourth-order valence-corrected chi connectivity index (χ4v) is 3.00. The van der Waals surface area contributed by atoms with Gasteiger partial charge >= 0.3 is 0 Å². The lowest BCUT2D eigenvalue weighted by atomic mass is 10.0. The van der Waals surface area contributed by atoms with Gasteiger partial charge in [0.25, 0.3) is 0 Å². The lowest BCUT2D eigenvalue weighted by Crippen LogP contribution is -2.57. The Kier molecular flexibility index (Phi) is 4.97. The lowest BCUT2D eigenvalue weighted by Gasteiger charge is -2.42. The van der Waals surface area contributed by atoms with Gasteiger partial charge in [0.05, 0.1) is 23.5 Å². The number of amides is 1. The van der Waals surface area contributed by atoms with Crippen LogP contribution in [0.4, 0.5) is 0 Å². The minimum absolute atomic E-state index is 0.0465. The molecule has 6 nitrogen and oxygen atoms in total. The molecule has 0 aliphatic carbocycles. The highest BCUT2D eigenvalue weighted by Gasteiger charge is 2.35. The van der Waals surface area contributed by atoms with Gasteiger partial charge in [-0.05, 0) is 27.2 Å². The summed E-state index contributed by atoms with van der Waals surface area (Å²) in [5, 5.41) is 0. The lowest BCUT2D eigenvalue weighted by molar-refractivity contribution is -0.159. The van der Waals surface area contributed by atoms with Gasteiger partial charge in [0.15, 0.2) is 0 Å². The molecule has 1 fully saturated rings. The number of carbonyl (C=O) groups is 1. The number of carbonyl (C=O) groups excluding carboxylic acids is 1. The minimum atomic E-state index is -3.09. The van der Waals surface area contributed by atoms with E-state index in [0.717, 1.165) is 6.26 Å². The molecule has 2 unspecified atom stereocenters. The van der Waals surface area contributed by atoms with Gasteiger partial charge in [-0.25, -0.2) is 8.42 Å². The van der Waals surface area contributed by atoms with Crippen molar-refractivity contribution in [3.05, 3.63) is 0 Å². The van der Waals surface area contributed by atoms with E-state index in [1.54, 1.807) is 4.90 Å². The molecule has 1 heterocycles. The van der Waals surface area contributed by atoms with Crippen molar-refractivity contribution in [2.24, 2.45) is 5.73 Å². The molecule has 0 spiro atoms. The second-order valence-electron chi connectivity index (χ2n) is 5.93. The Morgan fingerprint density at radius 3 is 2.58 bits per heavy atom. The smallest absolute Gasteiger partial charge is 0.239 e. The molecule has 112 valence electrons. The average Bonchev–Trinajstić information content (AvgIpc) is 2.20. The third-order valence-corrected chi connectivity index (χ3v) is 3.98. The van der Waals surface area contributed by atoms with E-state index in [0.29, 0.717) is 13.1 Å². The maximum absolute atomic E-state index is 12.2. The summed E-state index contributed by atoms with van der Waals surface area (Å²) >= 11 is 0. The quantitative estimate of drug-likeness (QED) is 0.773. The monoisotopic (exact) mass is 292 g/mol. The first-order valence-corrected chi connectivity index (χ1v) is 8.46. The Morgan fingerprint density at radius 2 is 2.11 bits per heavy atom. The van der Waals surface area contributed by atoms with Gasteiger partial charge in [-0.3, -0.25) is 4.79 Å². The Hall–Kier alpha value is -0.660. The summed E-state index contributed by atoms with van der Waals surface area (Å²) < 4.78 is 27.9. The van der Waals surface area contributed by atoms with E-state index in [9.17, 15) is 13.2 Å². The number of nitrogens with two attached hydrogens (primary N) is 1. The van der Waals surface area contributed by atoms with Gasteiger partial charge in [-0.2, -0.15) is 0 Å². The number of sulfone groups is 1. The van der Waals surface area contributed by atoms with E-state index < -0.39 is 21.5 Å². The molecule has 2 atom stereocenters. The number of hydrogen-bond acceptors (Lipinski definition) is 5. The van der Waals surface area contributed by atoms with Crippen molar-refractivity contribution >= 4 is 15.7 Å². The van der Waals surface area contributed by atoms with E-state index >= 15 is 0 Å². The predicted molar refractivity (Wildman–Crippen MR) is 73.5 cm³/mol. The Morgan fingerprint density at radius 1 is 1.53 bits per heavy atom. The molecule has 1 aliphatic heterocycles. The van der Waals surface area contributed by atoms with Crippen LogP contribution in [-0.4, -0.2) is 62.1 Å². The Balaban J connectivity index is 2.61. The molecular weight excluding hydrogens is 268 g/mol. The summed E-state index contributed by atoms with van der Waals surface area (Å²) in [5.74, 6) is -0.268. The summed E-state index contributed by atoms with van der Waals surface area (Å²) in [5.41, 5.74) is 5.39. The van der Waals surface area contributed by atoms with E-state index in [2.05, 4.69) is 0 Å². The van der Waals surface area contributed by atoms with Crippen LogP contribution in [0.25, 0.3) is 0 Å². The molecule has 0 saturated carbocycles. The van der Waals surface area contributed by atoms with Crippen molar-refractivity contribution in [1.29, 1.82) is 0 Å². The molecule has 0 aromatic heterocycles. The van der Waals surface area contributed by atoms with Crippen LogP contribution < -0.4 is 5.73 Å². The molecule has 1 saturated heterocycles. The standard InChI is InChI=1S/C12H24N2O4S/c1-9-7-14(8-12(2,3)18-9)11(15)10(13)5-6-19(4,16)17/h9-10H,5-8,13H2,1-4H3. The number of nitrogens with zero attached hydrogens (tertiary/aromatic N) is 1. The summed E-state index contributed by atoms with van der Waals surface area (Å²) in [6, 6.07) is -0.768. The summed E-state index contributed by atoms with van der Waals surface area (Å²) in [7, 11) is -3.09. The van der Waals surface area contributed by atoms with Crippen molar-refractivity contribution in [1.82, 2.24) is 4.90 Å². The van der Waals surface area contributed by atoms with Crippen molar-refractivity contribution in [2.45, 2.75) is 44.9 Å². The van der Waals surface area contributed by atoms with Crippen molar-refractivity contribution in [3.63, 3.8) is 0 Å². The maximum atomic E-state index is 12.2. The van der Waals surface area contributed by atoms with Crippen LogP contribution in [0, 0.1) is 0 Å². The van der Waals surface area contributed by atoms with Crippen LogP contribution in [0.5, 0.6) is 0 Å². The highest BCUT2D eigenvalue weighted by Crippen LogP contribution is 2.21. The van der Waals surface area contributed by atoms with E-state index in [1.807, 2.05) is 20.8 Å². The molecule has 1 amide bonds. The van der Waals surface area contributed by atoms with Gasteiger partial charge in [0.2, 0.25) is 5.91 Å². The van der Waals surface area contributed by atoms with Gasteiger partial charge < -0.3 is 15.4 Å². The van der Waals surface area contributed by atoms with Crippen LogP contribution in [0.1, 0.15) is 27.2 Å². The Bertz CT molecular complexity index is 433. The number of hydrogen-bond donors (Lipinski definition) is 1. The maximum Gasteiger partial charge on any atom is 0.239 e. The van der Waals surface area contributed by atoms with Gasteiger partial charge in [-0.15, -0.1) is 0 Å². The molecule has 7 heteroatoms. The highest BCUT2D eigenvalue weighted by atomic mass is 32.2. The summed E-state index contributed by atoms with van der Waals surface area (Å²) in [4.78, 5) is 13.9. The zero-order valence-corrected chi connectivity index (χ0v) is 12.9. The SMILES string of the molecule is CC1CN(C(=O)C(N)CCS(C)(=O)=O)CC(C)(C)O1. The van der Waals surface area contributed by atoms with Crippen LogP contribution in [0.2, 0.25) is 0 Å². The van der Waals surface area contributed by atoms with E-state index in [4.69, 9.17) is 10.5 Å². The van der Waals surface area contributed by atoms with E-state index in [-0.39, 0.29) is 24.2 Å².